The number of carbonyl (C=O) groups is 2. The fourth-order valence-corrected chi connectivity index (χ4v) is 3.63. The maximum Gasteiger partial charge on any atom is 0.413 e. The van der Waals surface area contributed by atoms with Crippen LogP contribution in [0.1, 0.15) is 35.7 Å². The number of esters is 1. The average molecular weight is 463 g/mol. The van der Waals surface area contributed by atoms with E-state index in [4.69, 9.17) is 4.74 Å². The molecule has 0 aliphatic heterocycles. The summed E-state index contributed by atoms with van der Waals surface area (Å²) in [6.45, 7) is 3.17. The van der Waals surface area contributed by atoms with Gasteiger partial charge in [0, 0.05) is 18.1 Å². The lowest BCUT2D eigenvalue weighted by Crippen LogP contribution is -2.15. The third-order valence-electron chi connectivity index (χ3n) is 5.29. The maximum absolute atomic E-state index is 12.2. The highest BCUT2D eigenvalue weighted by Gasteiger charge is 2.18. The van der Waals surface area contributed by atoms with Crippen molar-refractivity contribution in [2.24, 2.45) is 0 Å². The van der Waals surface area contributed by atoms with Crippen molar-refractivity contribution in [2.45, 2.75) is 26.3 Å². The molecule has 0 unspecified atom stereocenters. The van der Waals surface area contributed by atoms with Crippen molar-refractivity contribution in [3.05, 3.63) is 47.8 Å². The predicted molar refractivity (Wildman–Crippen MR) is 127 cm³/mol. The van der Waals surface area contributed by atoms with E-state index in [0.717, 1.165) is 18.4 Å². The summed E-state index contributed by atoms with van der Waals surface area (Å²) in [6.07, 6.45) is 4.60. The lowest BCUT2D eigenvalue weighted by atomic mass is 10.0. The Morgan fingerprint density at radius 3 is 2.74 bits per heavy atom. The van der Waals surface area contributed by atoms with Crippen LogP contribution in [0.4, 0.5) is 16.6 Å². The summed E-state index contributed by atoms with van der Waals surface area (Å²) in [7, 11) is 2.63. The van der Waals surface area contributed by atoms with Gasteiger partial charge < -0.3 is 14.8 Å². The van der Waals surface area contributed by atoms with E-state index in [-0.39, 0.29) is 5.95 Å². The van der Waals surface area contributed by atoms with Crippen molar-refractivity contribution in [1.29, 1.82) is 0 Å². The molecule has 176 valence electrons. The van der Waals surface area contributed by atoms with E-state index in [9.17, 15) is 9.59 Å². The number of carbonyl (C=O) groups excluding carboxylic acids is 2. The second-order valence-corrected chi connectivity index (χ2v) is 7.49. The molecule has 0 radical (unpaired) electrons. The van der Waals surface area contributed by atoms with Gasteiger partial charge in [-0.3, -0.25) is 15.0 Å². The topological polar surface area (TPSA) is 133 Å². The van der Waals surface area contributed by atoms with E-state index < -0.39 is 12.1 Å². The number of hydrogen-bond acceptors (Lipinski definition) is 9. The van der Waals surface area contributed by atoms with Crippen molar-refractivity contribution < 1.29 is 19.1 Å². The molecule has 1 amide bonds. The number of rotatable bonds is 8. The highest BCUT2D eigenvalue weighted by Crippen LogP contribution is 2.26. The average Bonchev–Trinajstić information content (AvgIpc) is 3.26. The minimum atomic E-state index is -0.658. The predicted octanol–water partition coefficient (Wildman–Crippen LogP) is 3.60. The summed E-state index contributed by atoms with van der Waals surface area (Å²) < 4.78 is 11.3. The number of amides is 1. The summed E-state index contributed by atoms with van der Waals surface area (Å²) in [4.78, 5) is 37.2. The summed E-state index contributed by atoms with van der Waals surface area (Å²) in [6, 6.07) is 7.19. The van der Waals surface area contributed by atoms with Gasteiger partial charge in [-0.25, -0.2) is 14.6 Å². The van der Waals surface area contributed by atoms with Crippen molar-refractivity contribution in [2.75, 3.05) is 31.4 Å². The molecule has 0 aliphatic rings. The lowest BCUT2D eigenvalue weighted by Gasteiger charge is -2.13. The Balaban J connectivity index is 1.77. The zero-order valence-electron chi connectivity index (χ0n) is 19.2. The van der Waals surface area contributed by atoms with Crippen molar-refractivity contribution in [3.8, 4) is 0 Å². The number of aromatic nitrogens is 5. The van der Waals surface area contributed by atoms with Crippen molar-refractivity contribution in [1.82, 2.24) is 24.7 Å². The second-order valence-electron chi connectivity index (χ2n) is 7.49. The molecule has 0 aliphatic carbocycles. The van der Waals surface area contributed by atoms with Crippen LogP contribution < -0.4 is 10.6 Å². The van der Waals surface area contributed by atoms with Crippen molar-refractivity contribution >= 4 is 45.8 Å². The summed E-state index contributed by atoms with van der Waals surface area (Å²) in [5, 5.41) is 11.0. The van der Waals surface area contributed by atoms with Gasteiger partial charge >= 0.3 is 12.1 Å². The van der Waals surface area contributed by atoms with Crippen LogP contribution in [0.15, 0.2) is 36.7 Å². The molecule has 0 saturated carbocycles. The zero-order chi connectivity index (χ0) is 24.1. The molecule has 11 heteroatoms. The quantitative estimate of drug-likeness (QED) is 0.297. The minimum absolute atomic E-state index is 0.118. The van der Waals surface area contributed by atoms with Crippen LogP contribution >= 0.6 is 0 Å². The molecule has 4 rings (SSSR count). The summed E-state index contributed by atoms with van der Waals surface area (Å²) >= 11 is 0. The van der Waals surface area contributed by atoms with Gasteiger partial charge in [0.25, 0.3) is 0 Å². The van der Waals surface area contributed by atoms with Crippen LogP contribution in [0.3, 0.4) is 0 Å². The van der Waals surface area contributed by atoms with Gasteiger partial charge in [-0.05, 0) is 24.1 Å². The molecule has 0 fully saturated rings. The Labute approximate surface area is 195 Å². The van der Waals surface area contributed by atoms with Crippen LogP contribution in [0, 0.1) is 0 Å². The molecule has 0 spiro atoms. The molecule has 1 aromatic carbocycles. The zero-order valence-corrected chi connectivity index (χ0v) is 19.2. The number of hydrogen-bond donors (Lipinski definition) is 2. The van der Waals surface area contributed by atoms with Gasteiger partial charge in [0.2, 0.25) is 5.95 Å². The minimum Gasteiger partial charge on any atom is -0.465 e. The molecule has 0 atom stereocenters. The van der Waals surface area contributed by atoms with E-state index in [0.29, 0.717) is 46.4 Å². The van der Waals surface area contributed by atoms with Gasteiger partial charge in [-0.2, -0.15) is 10.1 Å². The Kier molecular flexibility index (Phi) is 6.81. The number of nitrogens with zero attached hydrogens (tertiary/aromatic N) is 5. The van der Waals surface area contributed by atoms with E-state index in [1.165, 1.54) is 14.2 Å². The number of methoxy groups -OCH3 is 2. The van der Waals surface area contributed by atoms with Crippen LogP contribution in [-0.2, 0) is 16.0 Å². The van der Waals surface area contributed by atoms with E-state index >= 15 is 0 Å². The van der Waals surface area contributed by atoms with E-state index in [1.807, 2.05) is 12.1 Å². The summed E-state index contributed by atoms with van der Waals surface area (Å²) in [5.41, 5.74) is 3.24. The number of benzene rings is 1. The summed E-state index contributed by atoms with van der Waals surface area (Å²) in [5.74, 6) is 0.244. The van der Waals surface area contributed by atoms with Crippen LogP contribution in [-0.4, -0.2) is 57.6 Å². The molecule has 2 N–H and O–H groups in total. The highest BCUT2D eigenvalue weighted by molar-refractivity contribution is 6.04. The number of unbranched alkanes of at least 4 members (excludes halogenated alkanes) is 1. The van der Waals surface area contributed by atoms with Crippen LogP contribution in [0.5, 0.6) is 0 Å². The third-order valence-corrected chi connectivity index (χ3v) is 5.29. The first-order chi connectivity index (χ1) is 16.5. The van der Waals surface area contributed by atoms with Gasteiger partial charge in [-0.15, -0.1) is 0 Å². The van der Waals surface area contributed by atoms with Gasteiger partial charge in [0.05, 0.1) is 38.0 Å². The van der Waals surface area contributed by atoms with Gasteiger partial charge in [0.15, 0.2) is 5.82 Å². The normalized spacial score (nSPS) is 10.9. The first-order valence-electron chi connectivity index (χ1n) is 10.8. The van der Waals surface area contributed by atoms with Gasteiger partial charge in [-0.1, -0.05) is 25.5 Å². The van der Waals surface area contributed by atoms with E-state index in [1.54, 1.807) is 29.2 Å². The van der Waals surface area contributed by atoms with Crippen LogP contribution in [0.25, 0.3) is 21.9 Å². The number of fused-ring (bicyclic) bond motifs is 2. The molecule has 3 aromatic heterocycles. The first-order valence-corrected chi connectivity index (χ1v) is 10.8. The Morgan fingerprint density at radius 2 is 1.97 bits per heavy atom. The Bertz CT molecular complexity index is 1350. The molecule has 0 bridgehead atoms. The SMILES string of the molecule is CCCCNc1nc(NC(=O)OC)nc2cnn(Cc3ccc(C(=O)OC)c4cccnc34)c12. The molecule has 0 saturated heterocycles. The smallest absolute Gasteiger partial charge is 0.413 e. The second kappa shape index (κ2) is 10.1. The number of ether oxygens (including phenoxy) is 2. The number of pyridine rings is 1. The maximum atomic E-state index is 12.2. The fourth-order valence-electron chi connectivity index (χ4n) is 3.63. The molecule has 34 heavy (non-hydrogen) atoms. The molecular weight excluding hydrogens is 438 g/mol. The standard InChI is InChI=1S/C23H25N7O4/c1-4-5-10-25-20-19-17(27-22(28-20)29-23(32)34-3)12-26-30(19)13-14-8-9-16(21(31)33-2)15-7-6-11-24-18(14)15/h6-9,11-12H,4-5,10,13H2,1-3H3,(H2,25,27,28,29,32). The van der Waals surface area contributed by atoms with Crippen molar-refractivity contribution in [3.63, 3.8) is 0 Å². The monoisotopic (exact) mass is 463 g/mol. The fraction of sp³-hybridized carbons (Fsp3) is 0.304. The highest BCUT2D eigenvalue weighted by atomic mass is 16.5. The molecule has 3 heterocycles. The molecular formula is C23H25N7O4. The van der Waals surface area contributed by atoms with Crippen LogP contribution in [0.2, 0.25) is 0 Å². The first kappa shape index (κ1) is 22.9. The number of nitrogens with one attached hydrogen (secondary N) is 2. The number of anilines is 2. The molecule has 11 nitrogen and oxygen atoms in total. The largest absolute Gasteiger partial charge is 0.465 e. The van der Waals surface area contributed by atoms with Gasteiger partial charge in [0.1, 0.15) is 11.0 Å². The Morgan fingerprint density at radius 1 is 1.12 bits per heavy atom. The molecule has 4 aromatic rings. The Hall–Kier alpha value is -4.28. The van der Waals surface area contributed by atoms with E-state index in [2.05, 4.69) is 42.3 Å². The third kappa shape index (κ3) is 4.58. The lowest BCUT2D eigenvalue weighted by molar-refractivity contribution is 0.0603.